The number of nitrogen functional groups attached to an aromatic ring is 1. The summed E-state index contributed by atoms with van der Waals surface area (Å²) in [5.74, 6) is -0.0447. The number of hydrogen-bond acceptors (Lipinski definition) is 7. The van der Waals surface area contributed by atoms with Gasteiger partial charge < -0.3 is 25.8 Å². The van der Waals surface area contributed by atoms with Crippen molar-refractivity contribution in [3.05, 3.63) is 107 Å². The molecule has 2 heterocycles. The van der Waals surface area contributed by atoms with Crippen molar-refractivity contribution in [3.63, 3.8) is 0 Å². The van der Waals surface area contributed by atoms with E-state index in [0.29, 0.717) is 12.2 Å². The van der Waals surface area contributed by atoms with Gasteiger partial charge in [0.25, 0.3) is 5.91 Å². The standard InChI is InChI=1S/C37H43N5O3/c1-41-17-19-42(20-18-41)23-26-5-11-29(12-6-26)30-15-9-28(10-16-30)25-45-35-4-2-3-34(35)40-37(44)33-21-32(22-39-36(33)38)31-13-7-27(24-43)8-14-31/h5-16,21-22,34-35,43H,2-4,17-20,23-25H2,1H3,(H2,38,39)(H,40,44)/t34-,35-/m0/s1. The predicted molar refractivity (Wildman–Crippen MR) is 178 cm³/mol. The highest BCUT2D eigenvalue weighted by Crippen LogP contribution is 2.27. The maximum absolute atomic E-state index is 13.3. The Morgan fingerprint density at radius 3 is 2.11 bits per heavy atom. The third kappa shape index (κ3) is 7.78. The van der Waals surface area contributed by atoms with Gasteiger partial charge in [-0.05, 0) is 65.8 Å². The molecule has 6 rings (SSSR count). The first-order valence-electron chi connectivity index (χ1n) is 15.9. The van der Waals surface area contributed by atoms with Gasteiger partial charge >= 0.3 is 0 Å². The van der Waals surface area contributed by atoms with Gasteiger partial charge in [0.15, 0.2) is 0 Å². The second kappa shape index (κ2) is 14.3. The minimum Gasteiger partial charge on any atom is -0.392 e. The van der Waals surface area contributed by atoms with E-state index < -0.39 is 0 Å². The van der Waals surface area contributed by atoms with Gasteiger partial charge in [-0.2, -0.15) is 0 Å². The summed E-state index contributed by atoms with van der Waals surface area (Å²) in [7, 11) is 2.19. The number of amides is 1. The molecule has 4 N–H and O–H groups in total. The van der Waals surface area contributed by atoms with E-state index in [1.54, 1.807) is 12.3 Å². The first-order valence-corrected chi connectivity index (χ1v) is 15.9. The molecular formula is C37H43N5O3. The number of nitrogens with one attached hydrogen (secondary N) is 1. The number of benzene rings is 3. The van der Waals surface area contributed by atoms with Crippen molar-refractivity contribution < 1.29 is 14.6 Å². The van der Waals surface area contributed by atoms with Crippen molar-refractivity contribution >= 4 is 11.7 Å². The molecule has 8 nitrogen and oxygen atoms in total. The fourth-order valence-corrected chi connectivity index (χ4v) is 6.22. The van der Waals surface area contributed by atoms with Gasteiger partial charge in [0, 0.05) is 44.5 Å². The molecule has 2 aliphatic rings. The van der Waals surface area contributed by atoms with Crippen LogP contribution >= 0.6 is 0 Å². The molecule has 8 heteroatoms. The van der Waals surface area contributed by atoms with Crippen LogP contribution < -0.4 is 11.1 Å². The molecule has 1 amide bonds. The number of carbonyl (C=O) groups excluding carboxylic acids is 1. The third-order valence-corrected chi connectivity index (χ3v) is 9.11. The smallest absolute Gasteiger partial charge is 0.255 e. The van der Waals surface area contributed by atoms with Crippen molar-refractivity contribution in [1.82, 2.24) is 20.1 Å². The maximum Gasteiger partial charge on any atom is 0.255 e. The number of aliphatic hydroxyl groups is 1. The Bertz CT molecular complexity index is 1570. The molecule has 0 radical (unpaired) electrons. The summed E-state index contributed by atoms with van der Waals surface area (Å²) in [6.07, 6.45) is 4.34. The molecule has 1 aliphatic heterocycles. The molecule has 0 spiro atoms. The molecule has 0 unspecified atom stereocenters. The van der Waals surface area contributed by atoms with Crippen LogP contribution in [-0.4, -0.2) is 71.2 Å². The highest BCUT2D eigenvalue weighted by atomic mass is 16.5. The van der Waals surface area contributed by atoms with E-state index in [1.165, 1.54) is 16.7 Å². The molecule has 2 atom stereocenters. The monoisotopic (exact) mass is 605 g/mol. The second-order valence-corrected chi connectivity index (χ2v) is 12.3. The number of aromatic nitrogens is 1. The van der Waals surface area contributed by atoms with Gasteiger partial charge in [-0.25, -0.2) is 4.98 Å². The summed E-state index contributed by atoms with van der Waals surface area (Å²) in [5.41, 5.74) is 13.9. The number of pyridine rings is 1. The molecular weight excluding hydrogens is 562 g/mol. The minimum atomic E-state index is -0.242. The van der Waals surface area contributed by atoms with E-state index in [1.807, 2.05) is 24.3 Å². The average Bonchev–Trinajstić information content (AvgIpc) is 3.52. The summed E-state index contributed by atoms with van der Waals surface area (Å²) in [4.78, 5) is 22.5. The fourth-order valence-electron chi connectivity index (χ4n) is 6.22. The lowest BCUT2D eigenvalue weighted by Gasteiger charge is -2.32. The van der Waals surface area contributed by atoms with Gasteiger partial charge in [-0.1, -0.05) is 72.8 Å². The number of nitrogens with two attached hydrogens (primary N) is 1. The van der Waals surface area contributed by atoms with Crippen LogP contribution in [0.5, 0.6) is 0 Å². The molecule has 1 saturated heterocycles. The van der Waals surface area contributed by atoms with Crippen LogP contribution in [0.1, 0.15) is 46.3 Å². The van der Waals surface area contributed by atoms with Crippen molar-refractivity contribution in [3.8, 4) is 22.3 Å². The lowest BCUT2D eigenvalue weighted by Crippen LogP contribution is -2.43. The third-order valence-electron chi connectivity index (χ3n) is 9.11. The molecule has 45 heavy (non-hydrogen) atoms. The zero-order valence-electron chi connectivity index (χ0n) is 26.0. The molecule has 234 valence electrons. The van der Waals surface area contributed by atoms with Crippen LogP contribution in [-0.2, 0) is 24.5 Å². The van der Waals surface area contributed by atoms with E-state index in [9.17, 15) is 9.90 Å². The fraction of sp³-hybridized carbons (Fsp3) is 0.351. The summed E-state index contributed by atoms with van der Waals surface area (Å²) >= 11 is 0. The summed E-state index contributed by atoms with van der Waals surface area (Å²) < 4.78 is 6.33. The Hall–Kier alpha value is -4.08. The number of likely N-dealkylation sites (N-methyl/N-ethyl adjacent to an activating group) is 1. The first kappa shape index (κ1) is 30.9. The normalized spacial score (nSPS) is 19.1. The van der Waals surface area contributed by atoms with Crippen molar-refractivity contribution in [2.75, 3.05) is 39.0 Å². The Kier molecular flexibility index (Phi) is 9.86. The van der Waals surface area contributed by atoms with Crippen LogP contribution in [0.2, 0.25) is 0 Å². The van der Waals surface area contributed by atoms with Gasteiger partial charge in [-0.15, -0.1) is 0 Å². The Balaban J connectivity index is 1.02. The number of aliphatic hydroxyl groups excluding tert-OH is 1. The molecule has 1 aliphatic carbocycles. The van der Waals surface area contributed by atoms with Crippen molar-refractivity contribution in [1.29, 1.82) is 0 Å². The summed E-state index contributed by atoms with van der Waals surface area (Å²) in [5, 5.41) is 12.5. The number of carbonyl (C=O) groups is 1. The van der Waals surface area contributed by atoms with E-state index in [4.69, 9.17) is 10.5 Å². The highest BCUT2D eigenvalue weighted by molar-refractivity contribution is 5.99. The SMILES string of the molecule is CN1CCN(Cc2ccc(-c3ccc(CO[C@H]4CCC[C@@H]4NC(=O)c4cc(-c5ccc(CO)cc5)cnc4N)cc3)cc2)CC1. The van der Waals surface area contributed by atoms with Crippen LogP contribution in [0, 0.1) is 0 Å². The zero-order chi connectivity index (χ0) is 31.2. The molecule has 1 aromatic heterocycles. The van der Waals surface area contributed by atoms with Crippen LogP contribution in [0.15, 0.2) is 85.1 Å². The van der Waals surface area contributed by atoms with Crippen LogP contribution in [0.3, 0.4) is 0 Å². The number of piperazine rings is 1. The van der Waals surface area contributed by atoms with Gasteiger partial charge in [-0.3, -0.25) is 9.69 Å². The average molecular weight is 606 g/mol. The molecule has 0 bridgehead atoms. The number of hydrogen-bond donors (Lipinski definition) is 3. The first-order chi connectivity index (χ1) is 21.9. The predicted octanol–water partition coefficient (Wildman–Crippen LogP) is 5.11. The minimum absolute atomic E-state index is 0.0178. The number of anilines is 1. The number of rotatable bonds is 10. The number of nitrogens with zero attached hydrogens (tertiary/aromatic N) is 3. The van der Waals surface area contributed by atoms with Crippen molar-refractivity contribution in [2.24, 2.45) is 0 Å². The van der Waals surface area contributed by atoms with Crippen molar-refractivity contribution in [2.45, 2.75) is 51.2 Å². The van der Waals surface area contributed by atoms with Crippen LogP contribution in [0.25, 0.3) is 22.3 Å². The Morgan fingerprint density at radius 2 is 1.47 bits per heavy atom. The lowest BCUT2D eigenvalue weighted by molar-refractivity contribution is 0.0272. The van der Waals surface area contributed by atoms with E-state index >= 15 is 0 Å². The molecule has 2 fully saturated rings. The molecule has 4 aromatic rings. The lowest BCUT2D eigenvalue weighted by atomic mass is 10.0. The second-order valence-electron chi connectivity index (χ2n) is 12.3. The summed E-state index contributed by atoms with van der Waals surface area (Å²) in [6, 6.07) is 26.7. The van der Waals surface area contributed by atoms with E-state index in [0.717, 1.165) is 74.2 Å². The zero-order valence-corrected chi connectivity index (χ0v) is 26.0. The van der Waals surface area contributed by atoms with Crippen LogP contribution in [0.4, 0.5) is 5.82 Å². The largest absolute Gasteiger partial charge is 0.392 e. The Morgan fingerprint density at radius 1 is 0.867 bits per heavy atom. The summed E-state index contributed by atoms with van der Waals surface area (Å²) in [6.45, 7) is 5.99. The highest BCUT2D eigenvalue weighted by Gasteiger charge is 2.30. The topological polar surface area (TPSA) is 104 Å². The van der Waals surface area contributed by atoms with Gasteiger partial charge in [0.05, 0.1) is 30.9 Å². The molecule has 3 aromatic carbocycles. The van der Waals surface area contributed by atoms with E-state index in [-0.39, 0.29) is 30.5 Å². The quantitative estimate of drug-likeness (QED) is 0.231. The Labute approximate surface area is 265 Å². The van der Waals surface area contributed by atoms with Gasteiger partial charge in [0.2, 0.25) is 0 Å². The van der Waals surface area contributed by atoms with Gasteiger partial charge in [0.1, 0.15) is 5.82 Å². The number of ether oxygens (including phenoxy) is 1. The van der Waals surface area contributed by atoms with E-state index in [2.05, 4.69) is 75.7 Å². The maximum atomic E-state index is 13.3. The molecule has 1 saturated carbocycles.